The number of carbonyl (C=O) groups excluding carboxylic acids is 1. The monoisotopic (exact) mass is 312 g/mol. The predicted molar refractivity (Wildman–Crippen MR) is 87.9 cm³/mol. The third kappa shape index (κ3) is 3.13. The fourth-order valence-corrected chi connectivity index (χ4v) is 3.09. The molecule has 0 bridgehead atoms. The van der Waals surface area contributed by atoms with E-state index in [2.05, 4.69) is 22.0 Å². The Morgan fingerprint density at radius 3 is 2.91 bits per heavy atom. The molecule has 5 heteroatoms. The maximum atomic E-state index is 11.7. The number of ether oxygens (including phenoxy) is 2. The Kier molecular flexibility index (Phi) is 4.46. The van der Waals surface area contributed by atoms with Gasteiger partial charge in [0.25, 0.3) is 0 Å². The normalized spacial score (nSPS) is 17.1. The number of hydrogen-bond donors (Lipinski definition) is 0. The Hall–Kier alpha value is -2.56. The first-order chi connectivity index (χ1) is 11.2. The van der Waals surface area contributed by atoms with Gasteiger partial charge in [-0.05, 0) is 42.7 Å². The van der Waals surface area contributed by atoms with Crippen molar-refractivity contribution >= 4 is 11.7 Å². The number of hydrogen-bond acceptors (Lipinski definition) is 5. The summed E-state index contributed by atoms with van der Waals surface area (Å²) in [6.07, 6.45) is 3.84. The van der Waals surface area contributed by atoms with Crippen LogP contribution in [0.25, 0.3) is 0 Å². The second-order valence-corrected chi connectivity index (χ2v) is 5.52. The molecule has 120 valence electrons. The summed E-state index contributed by atoms with van der Waals surface area (Å²) in [6, 6.07) is 12.2. The number of anilines is 1. The van der Waals surface area contributed by atoms with Crippen LogP contribution in [-0.2, 0) is 4.74 Å². The highest BCUT2D eigenvalue weighted by Gasteiger charge is 2.27. The minimum Gasteiger partial charge on any atom is -0.497 e. The number of esters is 1. The molecule has 1 fully saturated rings. The highest BCUT2D eigenvalue weighted by Crippen LogP contribution is 2.37. The highest BCUT2D eigenvalue weighted by atomic mass is 16.5. The van der Waals surface area contributed by atoms with Crippen molar-refractivity contribution in [2.24, 2.45) is 0 Å². The van der Waals surface area contributed by atoms with Crippen molar-refractivity contribution in [2.45, 2.75) is 18.9 Å². The lowest BCUT2D eigenvalue weighted by Gasteiger charge is -2.27. The van der Waals surface area contributed by atoms with Crippen molar-refractivity contribution in [3.8, 4) is 5.75 Å². The number of nitrogens with zero attached hydrogens (tertiary/aromatic N) is 2. The number of carbonyl (C=O) groups is 1. The van der Waals surface area contributed by atoms with E-state index in [0.29, 0.717) is 5.69 Å². The molecule has 2 heterocycles. The van der Waals surface area contributed by atoms with E-state index in [0.717, 1.165) is 30.8 Å². The van der Waals surface area contributed by atoms with Crippen molar-refractivity contribution in [3.05, 3.63) is 53.9 Å². The molecule has 0 spiro atoms. The Bertz CT molecular complexity index is 702. The first-order valence-electron chi connectivity index (χ1n) is 7.68. The summed E-state index contributed by atoms with van der Waals surface area (Å²) in [5.41, 5.74) is 2.55. The van der Waals surface area contributed by atoms with Gasteiger partial charge >= 0.3 is 5.97 Å². The van der Waals surface area contributed by atoms with E-state index >= 15 is 0 Å². The van der Waals surface area contributed by atoms with Crippen LogP contribution in [0, 0.1) is 0 Å². The van der Waals surface area contributed by atoms with Gasteiger partial charge in [-0.15, -0.1) is 0 Å². The van der Waals surface area contributed by atoms with Gasteiger partial charge in [-0.2, -0.15) is 0 Å². The minimum atomic E-state index is -0.413. The van der Waals surface area contributed by atoms with Gasteiger partial charge in [0, 0.05) is 18.4 Å². The van der Waals surface area contributed by atoms with Crippen LogP contribution >= 0.6 is 0 Å². The Balaban J connectivity index is 1.91. The average Bonchev–Trinajstić information content (AvgIpc) is 3.11. The first-order valence-corrected chi connectivity index (χ1v) is 7.68. The van der Waals surface area contributed by atoms with Gasteiger partial charge in [0.1, 0.15) is 11.4 Å². The molecule has 5 nitrogen and oxygen atoms in total. The molecule has 0 amide bonds. The molecular formula is C18H20N2O3. The van der Waals surface area contributed by atoms with Crippen molar-refractivity contribution in [3.63, 3.8) is 0 Å². The van der Waals surface area contributed by atoms with E-state index in [-0.39, 0.29) is 6.04 Å². The summed E-state index contributed by atoms with van der Waals surface area (Å²) in [5, 5.41) is 0. The molecule has 3 rings (SSSR count). The van der Waals surface area contributed by atoms with Crippen molar-refractivity contribution in [1.29, 1.82) is 0 Å². The molecule has 0 radical (unpaired) electrons. The largest absolute Gasteiger partial charge is 0.497 e. The van der Waals surface area contributed by atoms with Gasteiger partial charge in [-0.3, -0.25) is 0 Å². The lowest BCUT2D eigenvalue weighted by Crippen LogP contribution is -2.23. The fraction of sp³-hybridized carbons (Fsp3) is 0.333. The van der Waals surface area contributed by atoms with Gasteiger partial charge in [0.2, 0.25) is 0 Å². The quantitative estimate of drug-likeness (QED) is 0.811. The van der Waals surface area contributed by atoms with E-state index in [1.54, 1.807) is 19.4 Å². The summed E-state index contributed by atoms with van der Waals surface area (Å²) >= 11 is 0. The van der Waals surface area contributed by atoms with Gasteiger partial charge in [0.05, 0.1) is 20.3 Å². The molecule has 1 atom stereocenters. The molecule has 1 unspecified atom stereocenters. The van der Waals surface area contributed by atoms with Crippen LogP contribution in [0.3, 0.4) is 0 Å². The van der Waals surface area contributed by atoms with Gasteiger partial charge < -0.3 is 14.4 Å². The van der Waals surface area contributed by atoms with Crippen LogP contribution in [0.5, 0.6) is 5.75 Å². The lowest BCUT2D eigenvalue weighted by atomic mass is 10.0. The highest BCUT2D eigenvalue weighted by molar-refractivity contribution is 5.88. The van der Waals surface area contributed by atoms with Crippen molar-refractivity contribution < 1.29 is 14.3 Å². The maximum absolute atomic E-state index is 11.7. The number of benzene rings is 1. The molecule has 1 aromatic heterocycles. The van der Waals surface area contributed by atoms with Gasteiger partial charge in [0.15, 0.2) is 0 Å². The van der Waals surface area contributed by atoms with Crippen LogP contribution in [0.1, 0.15) is 34.9 Å². The second-order valence-electron chi connectivity index (χ2n) is 5.52. The standard InChI is InChI=1S/C18H20N2O3/c1-22-15-6-3-5-13(11-15)17-7-4-10-20(17)14-8-9-19-16(12-14)18(21)23-2/h3,5-6,8-9,11-12,17H,4,7,10H2,1-2H3. The minimum absolute atomic E-state index is 0.276. The van der Waals surface area contributed by atoms with E-state index in [1.165, 1.54) is 12.7 Å². The van der Waals surface area contributed by atoms with E-state index in [1.807, 2.05) is 18.2 Å². The average molecular weight is 312 g/mol. The van der Waals surface area contributed by atoms with Crippen molar-refractivity contribution in [2.75, 3.05) is 25.7 Å². The van der Waals surface area contributed by atoms with E-state index < -0.39 is 5.97 Å². The van der Waals surface area contributed by atoms with Crippen LogP contribution in [0.4, 0.5) is 5.69 Å². The smallest absolute Gasteiger partial charge is 0.356 e. The van der Waals surface area contributed by atoms with Gasteiger partial charge in [-0.25, -0.2) is 9.78 Å². The lowest BCUT2D eigenvalue weighted by molar-refractivity contribution is 0.0594. The zero-order chi connectivity index (χ0) is 16.2. The Morgan fingerprint density at radius 1 is 1.26 bits per heavy atom. The molecule has 1 aliphatic rings. The molecule has 0 aliphatic carbocycles. The van der Waals surface area contributed by atoms with Crippen LogP contribution in [-0.4, -0.2) is 31.7 Å². The number of methoxy groups -OCH3 is 2. The Morgan fingerprint density at radius 2 is 2.13 bits per heavy atom. The summed E-state index contributed by atoms with van der Waals surface area (Å²) in [5.74, 6) is 0.448. The Labute approximate surface area is 135 Å². The fourth-order valence-electron chi connectivity index (χ4n) is 3.09. The molecule has 0 saturated carbocycles. The molecule has 1 aromatic carbocycles. The SMILES string of the molecule is COC(=O)c1cc(N2CCCC2c2cccc(OC)c2)ccn1. The molecule has 0 N–H and O–H groups in total. The topological polar surface area (TPSA) is 51.7 Å². The van der Waals surface area contributed by atoms with Gasteiger partial charge in [-0.1, -0.05) is 12.1 Å². The zero-order valence-electron chi connectivity index (χ0n) is 13.4. The predicted octanol–water partition coefficient (Wildman–Crippen LogP) is 3.22. The molecule has 23 heavy (non-hydrogen) atoms. The van der Waals surface area contributed by atoms with E-state index in [9.17, 15) is 4.79 Å². The third-order valence-electron chi connectivity index (χ3n) is 4.20. The van der Waals surface area contributed by atoms with Crippen LogP contribution in [0.2, 0.25) is 0 Å². The van der Waals surface area contributed by atoms with Crippen molar-refractivity contribution in [1.82, 2.24) is 4.98 Å². The van der Waals surface area contributed by atoms with E-state index in [4.69, 9.17) is 9.47 Å². The summed E-state index contributed by atoms with van der Waals surface area (Å²) in [6.45, 7) is 0.951. The summed E-state index contributed by atoms with van der Waals surface area (Å²) in [7, 11) is 3.04. The number of aromatic nitrogens is 1. The summed E-state index contributed by atoms with van der Waals surface area (Å²) < 4.78 is 10.1. The third-order valence-corrected chi connectivity index (χ3v) is 4.20. The zero-order valence-corrected chi connectivity index (χ0v) is 13.4. The first kappa shape index (κ1) is 15.3. The number of pyridine rings is 1. The summed E-state index contributed by atoms with van der Waals surface area (Å²) in [4.78, 5) is 18.1. The molecule has 2 aromatic rings. The second kappa shape index (κ2) is 6.69. The molecular weight excluding hydrogens is 292 g/mol. The maximum Gasteiger partial charge on any atom is 0.356 e. The number of rotatable bonds is 4. The molecule has 1 aliphatic heterocycles. The van der Waals surface area contributed by atoms with Crippen LogP contribution in [0.15, 0.2) is 42.6 Å². The molecule has 1 saturated heterocycles. The van der Waals surface area contributed by atoms with Crippen LogP contribution < -0.4 is 9.64 Å².